The lowest BCUT2D eigenvalue weighted by atomic mass is 9.65. The Balaban J connectivity index is 1.46. The quantitative estimate of drug-likeness (QED) is 0.388. The molecule has 0 aliphatic heterocycles. The number of benzene rings is 1. The number of unbranched alkanes of at least 4 members (excludes halogenated alkanes) is 2. The van der Waals surface area contributed by atoms with Crippen LogP contribution in [0.4, 0.5) is 0 Å². The fourth-order valence-electron chi connectivity index (χ4n) is 5.95. The first-order valence-corrected chi connectivity index (χ1v) is 12.4. The van der Waals surface area contributed by atoms with E-state index >= 15 is 0 Å². The lowest BCUT2D eigenvalue weighted by Gasteiger charge is -2.41. The highest BCUT2D eigenvalue weighted by atomic mass is 16.5. The molecule has 158 valence electrons. The van der Waals surface area contributed by atoms with E-state index in [-0.39, 0.29) is 0 Å². The van der Waals surface area contributed by atoms with Crippen molar-refractivity contribution in [2.45, 2.75) is 104 Å². The lowest BCUT2D eigenvalue weighted by molar-refractivity contribution is 0.130. The predicted octanol–water partition coefficient (Wildman–Crippen LogP) is 8.38. The Morgan fingerprint density at radius 3 is 2.14 bits per heavy atom. The summed E-state index contributed by atoms with van der Waals surface area (Å²) in [5, 5.41) is 0. The molecule has 1 nitrogen and oxygen atoms in total. The van der Waals surface area contributed by atoms with Crippen molar-refractivity contribution in [3.8, 4) is 5.75 Å². The first-order chi connectivity index (χ1) is 13.7. The molecule has 28 heavy (non-hydrogen) atoms. The molecule has 3 rings (SSSR count). The lowest BCUT2D eigenvalue weighted by Crippen LogP contribution is -2.29. The van der Waals surface area contributed by atoms with Crippen LogP contribution in [-0.4, -0.2) is 6.61 Å². The Morgan fingerprint density at radius 1 is 0.821 bits per heavy atom. The minimum absolute atomic E-state index is 0.752. The van der Waals surface area contributed by atoms with Crippen LogP contribution in [-0.2, 0) is 0 Å². The van der Waals surface area contributed by atoms with Crippen molar-refractivity contribution in [1.29, 1.82) is 0 Å². The van der Waals surface area contributed by atoms with Crippen molar-refractivity contribution >= 4 is 0 Å². The highest BCUT2D eigenvalue weighted by molar-refractivity contribution is 5.30. The molecule has 2 fully saturated rings. The van der Waals surface area contributed by atoms with Crippen molar-refractivity contribution in [1.82, 2.24) is 0 Å². The van der Waals surface area contributed by atoms with Crippen LogP contribution in [0.5, 0.6) is 5.75 Å². The Labute approximate surface area is 174 Å². The molecule has 0 bridgehead atoms. The van der Waals surface area contributed by atoms with Crippen LogP contribution in [0.3, 0.4) is 0 Å². The van der Waals surface area contributed by atoms with E-state index in [1.54, 1.807) is 0 Å². The second-order valence-corrected chi connectivity index (χ2v) is 9.85. The first kappa shape index (κ1) is 21.7. The van der Waals surface area contributed by atoms with Gasteiger partial charge in [0, 0.05) is 0 Å². The van der Waals surface area contributed by atoms with Gasteiger partial charge >= 0.3 is 0 Å². The van der Waals surface area contributed by atoms with E-state index < -0.39 is 0 Å². The molecule has 0 aromatic heterocycles. The van der Waals surface area contributed by atoms with Gasteiger partial charge in [-0.25, -0.2) is 0 Å². The summed E-state index contributed by atoms with van der Waals surface area (Å²) in [6.45, 7) is 7.90. The maximum absolute atomic E-state index is 5.85. The van der Waals surface area contributed by atoms with Crippen LogP contribution in [0.2, 0.25) is 0 Å². The second kappa shape index (κ2) is 11.3. The molecule has 0 N–H and O–H groups in total. The molecule has 3 unspecified atom stereocenters. The van der Waals surface area contributed by atoms with Crippen LogP contribution in [0.15, 0.2) is 24.3 Å². The first-order valence-electron chi connectivity index (χ1n) is 12.4. The highest BCUT2D eigenvalue weighted by Gasteiger charge is 2.34. The summed E-state index contributed by atoms with van der Waals surface area (Å²) in [5.74, 6) is 5.68. The zero-order valence-corrected chi connectivity index (χ0v) is 18.8. The monoisotopic (exact) mass is 384 g/mol. The Hall–Kier alpha value is -0.980. The SMILES string of the molecule is CCCCOc1ccc(C2CCC([C@H]3CC[C@H](CCCC)CC3)CC2C)cc1. The van der Waals surface area contributed by atoms with Gasteiger partial charge in [-0.3, -0.25) is 0 Å². The Morgan fingerprint density at radius 2 is 1.50 bits per heavy atom. The van der Waals surface area contributed by atoms with E-state index in [4.69, 9.17) is 4.74 Å². The molecule has 1 heteroatoms. The summed E-state index contributed by atoms with van der Waals surface area (Å²) in [5.41, 5.74) is 1.54. The van der Waals surface area contributed by atoms with Crippen LogP contribution < -0.4 is 4.74 Å². The van der Waals surface area contributed by atoms with E-state index in [9.17, 15) is 0 Å². The van der Waals surface area contributed by atoms with Gasteiger partial charge in [0.1, 0.15) is 5.75 Å². The van der Waals surface area contributed by atoms with Gasteiger partial charge in [-0.1, -0.05) is 71.4 Å². The van der Waals surface area contributed by atoms with Crippen LogP contribution >= 0.6 is 0 Å². The summed E-state index contributed by atoms with van der Waals surface area (Å²) >= 11 is 0. The third-order valence-corrected chi connectivity index (χ3v) is 7.81. The van der Waals surface area contributed by atoms with E-state index in [2.05, 4.69) is 45.0 Å². The average Bonchev–Trinajstić information content (AvgIpc) is 2.73. The van der Waals surface area contributed by atoms with Gasteiger partial charge in [0.25, 0.3) is 0 Å². The van der Waals surface area contributed by atoms with Crippen LogP contribution in [0.1, 0.15) is 109 Å². The summed E-state index contributed by atoms with van der Waals surface area (Å²) in [4.78, 5) is 0. The molecule has 0 saturated heterocycles. The Bertz CT molecular complexity index is 540. The fraction of sp³-hybridized carbons (Fsp3) is 0.778. The van der Waals surface area contributed by atoms with E-state index in [1.165, 1.54) is 76.2 Å². The van der Waals surface area contributed by atoms with Crippen molar-refractivity contribution in [3.05, 3.63) is 29.8 Å². The van der Waals surface area contributed by atoms with E-state index in [1.807, 2.05) is 0 Å². The van der Waals surface area contributed by atoms with Crippen molar-refractivity contribution in [3.63, 3.8) is 0 Å². The third kappa shape index (κ3) is 6.01. The summed E-state index contributed by atoms with van der Waals surface area (Å²) in [6.07, 6.45) is 17.0. The number of ether oxygens (including phenoxy) is 1. The molecule has 0 radical (unpaired) electrons. The number of hydrogen-bond acceptors (Lipinski definition) is 1. The van der Waals surface area contributed by atoms with Crippen LogP contribution in [0.25, 0.3) is 0 Å². The molecule has 1 aromatic rings. The van der Waals surface area contributed by atoms with Gasteiger partial charge in [-0.2, -0.15) is 0 Å². The maximum atomic E-state index is 5.85. The minimum Gasteiger partial charge on any atom is -0.494 e. The molecule has 2 saturated carbocycles. The van der Waals surface area contributed by atoms with Crippen molar-refractivity contribution < 1.29 is 4.74 Å². The molecule has 1 aromatic carbocycles. The topological polar surface area (TPSA) is 9.23 Å². The van der Waals surface area contributed by atoms with Gasteiger partial charge in [-0.05, 0) is 85.8 Å². The summed E-state index contributed by atoms with van der Waals surface area (Å²) in [6, 6.07) is 9.06. The number of rotatable bonds is 9. The van der Waals surface area contributed by atoms with Crippen molar-refractivity contribution in [2.75, 3.05) is 6.61 Å². The summed E-state index contributed by atoms with van der Waals surface area (Å²) in [7, 11) is 0. The highest BCUT2D eigenvalue weighted by Crippen LogP contribution is 2.47. The zero-order chi connectivity index (χ0) is 19.8. The standard InChI is InChI=1S/C27H44O/c1-4-6-8-22-9-11-23(12-10-22)25-15-18-27(21(3)20-25)24-13-16-26(17-14-24)28-19-7-5-2/h13-14,16-17,21-23,25,27H,4-12,15,18-20H2,1-3H3/t21?,22-,23-,25?,27?. The molecule has 3 atom stereocenters. The molecule has 0 spiro atoms. The largest absolute Gasteiger partial charge is 0.494 e. The molecular weight excluding hydrogens is 340 g/mol. The number of hydrogen-bond donors (Lipinski definition) is 0. The second-order valence-electron chi connectivity index (χ2n) is 9.85. The van der Waals surface area contributed by atoms with E-state index in [0.717, 1.165) is 48.4 Å². The van der Waals surface area contributed by atoms with Gasteiger partial charge < -0.3 is 4.74 Å². The molecule has 2 aliphatic carbocycles. The molecule has 0 amide bonds. The van der Waals surface area contributed by atoms with E-state index in [0.29, 0.717) is 0 Å². The predicted molar refractivity (Wildman–Crippen MR) is 121 cm³/mol. The molecule has 0 heterocycles. The fourth-order valence-corrected chi connectivity index (χ4v) is 5.95. The van der Waals surface area contributed by atoms with Gasteiger partial charge in [0.2, 0.25) is 0 Å². The van der Waals surface area contributed by atoms with Crippen molar-refractivity contribution in [2.24, 2.45) is 23.7 Å². The van der Waals surface area contributed by atoms with Gasteiger partial charge in [0.05, 0.1) is 6.61 Å². The van der Waals surface area contributed by atoms with Gasteiger partial charge in [-0.15, -0.1) is 0 Å². The average molecular weight is 385 g/mol. The minimum atomic E-state index is 0.752. The van der Waals surface area contributed by atoms with Gasteiger partial charge in [0.15, 0.2) is 0 Å². The zero-order valence-electron chi connectivity index (χ0n) is 18.8. The smallest absolute Gasteiger partial charge is 0.119 e. The normalized spacial score (nSPS) is 30.9. The molecular formula is C27H44O. The maximum Gasteiger partial charge on any atom is 0.119 e. The summed E-state index contributed by atoms with van der Waals surface area (Å²) < 4.78 is 5.85. The Kier molecular flexibility index (Phi) is 8.74. The molecule has 2 aliphatic rings. The third-order valence-electron chi connectivity index (χ3n) is 7.81. The van der Waals surface area contributed by atoms with Crippen LogP contribution in [0, 0.1) is 23.7 Å².